The van der Waals surface area contributed by atoms with Gasteiger partial charge in [-0.2, -0.15) is 0 Å². The molecule has 2 unspecified atom stereocenters. The number of hydrogen-bond donors (Lipinski definition) is 1. The van der Waals surface area contributed by atoms with Gasteiger partial charge in [-0.3, -0.25) is 9.59 Å². The summed E-state index contributed by atoms with van der Waals surface area (Å²) in [6.45, 7) is 0.548. The summed E-state index contributed by atoms with van der Waals surface area (Å²) < 4.78 is 0.989. The monoisotopic (exact) mass is 339 g/mol. The molecule has 1 aliphatic carbocycles. The molecule has 5 heteroatoms. The van der Waals surface area contributed by atoms with E-state index in [9.17, 15) is 9.59 Å². The zero-order chi connectivity index (χ0) is 14.7. The molecule has 0 saturated heterocycles. The first kappa shape index (κ1) is 15.0. The Balaban J connectivity index is 1.94. The Kier molecular flexibility index (Phi) is 4.81. The second-order valence-electron chi connectivity index (χ2n) is 5.37. The number of carbonyl (C=O) groups excluding carboxylic acids is 1. The summed E-state index contributed by atoms with van der Waals surface area (Å²) in [5.74, 6) is -1.24. The summed E-state index contributed by atoms with van der Waals surface area (Å²) in [4.78, 5) is 25.0. The molecule has 1 N–H and O–H groups in total. The fraction of sp³-hybridized carbons (Fsp3) is 0.467. The quantitative estimate of drug-likeness (QED) is 0.917. The van der Waals surface area contributed by atoms with Crippen LogP contribution in [-0.4, -0.2) is 28.9 Å². The van der Waals surface area contributed by atoms with Crippen molar-refractivity contribution in [1.29, 1.82) is 0 Å². The van der Waals surface area contributed by atoms with Gasteiger partial charge in [0.25, 0.3) is 0 Å². The van der Waals surface area contributed by atoms with E-state index >= 15 is 0 Å². The molecule has 0 heterocycles. The molecule has 20 heavy (non-hydrogen) atoms. The molecule has 2 rings (SSSR count). The minimum atomic E-state index is -0.782. The largest absolute Gasteiger partial charge is 0.481 e. The van der Waals surface area contributed by atoms with Gasteiger partial charge in [0.05, 0.1) is 5.92 Å². The number of carboxylic acids is 1. The lowest BCUT2D eigenvalue weighted by Crippen LogP contribution is -2.31. The molecule has 0 radical (unpaired) electrons. The van der Waals surface area contributed by atoms with E-state index in [0.29, 0.717) is 25.8 Å². The van der Waals surface area contributed by atoms with E-state index in [-0.39, 0.29) is 17.7 Å². The van der Waals surface area contributed by atoms with Crippen molar-refractivity contribution >= 4 is 27.8 Å². The first-order chi connectivity index (χ1) is 9.47. The second kappa shape index (κ2) is 6.39. The number of carbonyl (C=O) groups is 2. The fourth-order valence-corrected chi connectivity index (χ4v) is 3.18. The Bertz CT molecular complexity index is 518. The Labute approximate surface area is 126 Å². The van der Waals surface area contributed by atoms with Crippen molar-refractivity contribution in [3.63, 3.8) is 0 Å². The van der Waals surface area contributed by atoms with E-state index in [2.05, 4.69) is 15.9 Å². The van der Waals surface area contributed by atoms with Gasteiger partial charge in [0.2, 0.25) is 5.91 Å². The predicted molar refractivity (Wildman–Crippen MR) is 79.1 cm³/mol. The lowest BCUT2D eigenvalue weighted by Gasteiger charge is -2.21. The average molecular weight is 340 g/mol. The SMILES string of the molecule is CN(Cc1cccc(Br)c1)C(=O)C1CCC(C(=O)O)C1. The van der Waals surface area contributed by atoms with Gasteiger partial charge in [0.15, 0.2) is 0 Å². The molecule has 1 fully saturated rings. The fourth-order valence-electron chi connectivity index (χ4n) is 2.73. The van der Waals surface area contributed by atoms with Gasteiger partial charge < -0.3 is 10.0 Å². The number of halogens is 1. The summed E-state index contributed by atoms with van der Waals surface area (Å²) in [5.41, 5.74) is 1.06. The van der Waals surface area contributed by atoms with E-state index in [1.165, 1.54) is 0 Å². The van der Waals surface area contributed by atoms with Crippen LogP contribution in [0, 0.1) is 11.8 Å². The molecule has 0 aromatic heterocycles. The van der Waals surface area contributed by atoms with Crippen LogP contribution in [0.4, 0.5) is 0 Å². The molecule has 0 spiro atoms. The van der Waals surface area contributed by atoms with Crippen LogP contribution in [0.25, 0.3) is 0 Å². The maximum Gasteiger partial charge on any atom is 0.306 e. The van der Waals surface area contributed by atoms with Gasteiger partial charge in [-0.1, -0.05) is 28.1 Å². The highest BCUT2D eigenvalue weighted by atomic mass is 79.9. The van der Waals surface area contributed by atoms with Crippen molar-refractivity contribution in [2.75, 3.05) is 7.05 Å². The first-order valence-electron chi connectivity index (χ1n) is 6.69. The number of rotatable bonds is 4. The average Bonchev–Trinajstić information content (AvgIpc) is 2.87. The Morgan fingerprint density at radius 1 is 1.35 bits per heavy atom. The summed E-state index contributed by atoms with van der Waals surface area (Å²) in [7, 11) is 1.78. The first-order valence-corrected chi connectivity index (χ1v) is 7.49. The lowest BCUT2D eigenvalue weighted by atomic mass is 10.0. The predicted octanol–water partition coefficient (Wildman–Crippen LogP) is 2.91. The molecule has 4 nitrogen and oxygen atoms in total. The molecule has 0 bridgehead atoms. The number of carboxylic acid groups (broad SMARTS) is 1. The highest BCUT2D eigenvalue weighted by Crippen LogP contribution is 2.32. The summed E-state index contributed by atoms with van der Waals surface area (Å²) >= 11 is 3.41. The summed E-state index contributed by atoms with van der Waals surface area (Å²) in [6.07, 6.45) is 1.76. The van der Waals surface area contributed by atoms with E-state index in [0.717, 1.165) is 10.0 Å². The van der Waals surface area contributed by atoms with Crippen LogP contribution >= 0.6 is 15.9 Å². The molecule has 1 aliphatic rings. The minimum Gasteiger partial charge on any atom is -0.481 e. The third-order valence-corrected chi connectivity index (χ3v) is 4.31. The Hall–Kier alpha value is -1.36. The smallest absolute Gasteiger partial charge is 0.306 e. The van der Waals surface area contributed by atoms with Crippen molar-refractivity contribution in [3.05, 3.63) is 34.3 Å². The van der Waals surface area contributed by atoms with Gasteiger partial charge in [-0.15, -0.1) is 0 Å². The zero-order valence-corrected chi connectivity index (χ0v) is 13.0. The molecular formula is C15H18BrNO3. The molecule has 1 amide bonds. The van der Waals surface area contributed by atoms with Crippen LogP contribution in [0.1, 0.15) is 24.8 Å². The number of hydrogen-bond acceptors (Lipinski definition) is 2. The van der Waals surface area contributed by atoms with Gasteiger partial charge in [-0.05, 0) is 37.0 Å². The van der Waals surface area contributed by atoms with Crippen LogP contribution in [0.5, 0.6) is 0 Å². The number of nitrogens with zero attached hydrogens (tertiary/aromatic N) is 1. The number of amides is 1. The molecule has 1 aromatic rings. The maximum atomic E-state index is 12.3. The van der Waals surface area contributed by atoms with Crippen molar-refractivity contribution in [1.82, 2.24) is 4.90 Å². The van der Waals surface area contributed by atoms with E-state index in [1.54, 1.807) is 11.9 Å². The Morgan fingerprint density at radius 2 is 2.05 bits per heavy atom. The van der Waals surface area contributed by atoms with E-state index < -0.39 is 5.97 Å². The second-order valence-corrected chi connectivity index (χ2v) is 6.29. The highest BCUT2D eigenvalue weighted by molar-refractivity contribution is 9.10. The van der Waals surface area contributed by atoms with Crippen LogP contribution in [0.3, 0.4) is 0 Å². The number of aliphatic carboxylic acids is 1. The van der Waals surface area contributed by atoms with Crippen LogP contribution in [0.2, 0.25) is 0 Å². The molecule has 1 aromatic carbocycles. The zero-order valence-electron chi connectivity index (χ0n) is 11.4. The normalized spacial score (nSPS) is 21.7. The third kappa shape index (κ3) is 3.60. The lowest BCUT2D eigenvalue weighted by molar-refractivity contribution is -0.141. The van der Waals surface area contributed by atoms with Crippen molar-refractivity contribution < 1.29 is 14.7 Å². The Morgan fingerprint density at radius 3 is 2.65 bits per heavy atom. The molecule has 1 saturated carbocycles. The van der Waals surface area contributed by atoms with Crippen molar-refractivity contribution in [3.8, 4) is 0 Å². The highest BCUT2D eigenvalue weighted by Gasteiger charge is 2.35. The standard InChI is InChI=1S/C15H18BrNO3/c1-17(9-10-3-2-4-13(16)7-10)14(18)11-5-6-12(8-11)15(19)20/h2-4,7,11-12H,5-6,8-9H2,1H3,(H,19,20). The van der Waals surface area contributed by atoms with Crippen molar-refractivity contribution in [2.45, 2.75) is 25.8 Å². The molecule has 2 atom stereocenters. The van der Waals surface area contributed by atoms with Gasteiger partial charge in [-0.25, -0.2) is 0 Å². The van der Waals surface area contributed by atoms with E-state index in [1.807, 2.05) is 24.3 Å². The van der Waals surface area contributed by atoms with Gasteiger partial charge in [0.1, 0.15) is 0 Å². The minimum absolute atomic E-state index is 0.0497. The van der Waals surface area contributed by atoms with Crippen molar-refractivity contribution in [2.24, 2.45) is 11.8 Å². The summed E-state index contributed by atoms with van der Waals surface area (Å²) in [6, 6.07) is 7.84. The van der Waals surface area contributed by atoms with Gasteiger partial charge >= 0.3 is 5.97 Å². The maximum absolute atomic E-state index is 12.3. The van der Waals surface area contributed by atoms with Crippen LogP contribution in [-0.2, 0) is 16.1 Å². The number of benzene rings is 1. The van der Waals surface area contributed by atoms with E-state index in [4.69, 9.17) is 5.11 Å². The third-order valence-electron chi connectivity index (χ3n) is 3.82. The van der Waals surface area contributed by atoms with Gasteiger partial charge in [0, 0.05) is 24.0 Å². The molecular weight excluding hydrogens is 322 g/mol. The molecule has 0 aliphatic heterocycles. The van der Waals surface area contributed by atoms with Crippen LogP contribution < -0.4 is 0 Å². The molecule has 108 valence electrons. The topological polar surface area (TPSA) is 57.6 Å². The van der Waals surface area contributed by atoms with Crippen LogP contribution in [0.15, 0.2) is 28.7 Å². The summed E-state index contributed by atoms with van der Waals surface area (Å²) in [5, 5.41) is 8.99.